The van der Waals surface area contributed by atoms with Gasteiger partial charge in [0, 0.05) is 17.5 Å². The molecule has 3 nitrogen and oxygen atoms in total. The highest BCUT2D eigenvalue weighted by Crippen LogP contribution is 2.40. The Bertz CT molecular complexity index is 459. The minimum atomic E-state index is -0.0800. The van der Waals surface area contributed by atoms with Gasteiger partial charge in [0.05, 0.1) is 30.3 Å². The molecule has 104 valence electrons. The van der Waals surface area contributed by atoms with Gasteiger partial charge in [-0.25, -0.2) is 0 Å². The topological polar surface area (TPSA) is 41.5 Å². The second-order valence-electron chi connectivity index (χ2n) is 5.38. The van der Waals surface area contributed by atoms with Crippen LogP contribution in [0.15, 0.2) is 23.1 Å². The molecule has 1 fully saturated rings. The van der Waals surface area contributed by atoms with E-state index in [2.05, 4.69) is 11.4 Å². The summed E-state index contributed by atoms with van der Waals surface area (Å²) in [6.07, 6.45) is 1.10. The summed E-state index contributed by atoms with van der Waals surface area (Å²) in [6.45, 7) is 2.29. The van der Waals surface area contributed by atoms with E-state index in [4.69, 9.17) is 16.3 Å². The highest BCUT2D eigenvalue weighted by atomic mass is 35.5. The van der Waals surface area contributed by atoms with Crippen molar-refractivity contribution < 1.29 is 9.84 Å². The van der Waals surface area contributed by atoms with E-state index in [9.17, 15) is 5.11 Å². The maximum absolute atomic E-state index is 9.46. The first-order valence-electron chi connectivity index (χ1n) is 6.57. The van der Waals surface area contributed by atoms with Gasteiger partial charge < -0.3 is 15.2 Å². The first-order valence-corrected chi connectivity index (χ1v) is 7.94. The van der Waals surface area contributed by atoms with Crippen molar-refractivity contribution >= 4 is 23.4 Å². The van der Waals surface area contributed by atoms with E-state index in [1.165, 1.54) is 10.5 Å². The van der Waals surface area contributed by atoms with Crippen LogP contribution < -0.4 is 5.32 Å². The number of hydrogen-bond donors (Lipinski definition) is 2. The summed E-state index contributed by atoms with van der Waals surface area (Å²) >= 11 is 8.09. The van der Waals surface area contributed by atoms with Gasteiger partial charge >= 0.3 is 0 Å². The Morgan fingerprint density at radius 1 is 1.47 bits per heavy atom. The van der Waals surface area contributed by atoms with Crippen LogP contribution in [0.1, 0.15) is 18.0 Å². The van der Waals surface area contributed by atoms with E-state index in [0.717, 1.165) is 23.7 Å². The molecule has 19 heavy (non-hydrogen) atoms. The maximum atomic E-state index is 9.46. The van der Waals surface area contributed by atoms with Crippen molar-refractivity contribution in [2.24, 2.45) is 5.41 Å². The summed E-state index contributed by atoms with van der Waals surface area (Å²) in [5, 5.41) is 13.9. The number of thioether (sulfide) groups is 1. The summed E-state index contributed by atoms with van der Waals surface area (Å²) in [6, 6.07) is 6.44. The van der Waals surface area contributed by atoms with Crippen LogP contribution in [0.4, 0.5) is 0 Å². The van der Waals surface area contributed by atoms with Crippen molar-refractivity contribution in [1.29, 1.82) is 0 Å². The monoisotopic (exact) mass is 299 g/mol. The van der Waals surface area contributed by atoms with E-state index in [1.807, 2.05) is 23.9 Å². The zero-order valence-corrected chi connectivity index (χ0v) is 12.3. The molecule has 1 aromatic carbocycles. The van der Waals surface area contributed by atoms with Crippen LogP contribution in [0.25, 0.3) is 0 Å². The van der Waals surface area contributed by atoms with E-state index in [1.54, 1.807) is 0 Å². The highest BCUT2D eigenvalue weighted by Gasteiger charge is 2.38. The van der Waals surface area contributed by atoms with Crippen molar-refractivity contribution in [3.63, 3.8) is 0 Å². The van der Waals surface area contributed by atoms with Crippen LogP contribution in [0.3, 0.4) is 0 Å². The molecule has 0 saturated carbocycles. The van der Waals surface area contributed by atoms with Crippen molar-refractivity contribution in [2.45, 2.75) is 17.4 Å². The van der Waals surface area contributed by atoms with Gasteiger partial charge in [0.1, 0.15) is 0 Å². The number of benzene rings is 1. The number of rotatable bonds is 4. The standard InChI is InChI=1S/C14H18ClNO2S/c15-11-3-1-2-10-12(4-5-19-13(10)11)16-6-14(7-17)8-18-9-14/h1-3,12,16-17H,4-9H2. The molecule has 1 unspecified atom stereocenters. The third kappa shape index (κ3) is 2.65. The molecule has 0 aliphatic carbocycles. The molecule has 5 heteroatoms. The zero-order valence-electron chi connectivity index (χ0n) is 10.7. The predicted octanol–water partition coefficient (Wildman–Crippen LogP) is 2.48. The minimum absolute atomic E-state index is 0.0800. The Morgan fingerprint density at radius 2 is 2.32 bits per heavy atom. The summed E-state index contributed by atoms with van der Waals surface area (Å²) in [5.74, 6) is 1.08. The number of nitrogens with one attached hydrogen (secondary N) is 1. The molecule has 0 radical (unpaired) electrons. The Hall–Kier alpha value is -0.260. The predicted molar refractivity (Wildman–Crippen MR) is 77.9 cm³/mol. The van der Waals surface area contributed by atoms with Gasteiger partial charge in [0.15, 0.2) is 0 Å². The van der Waals surface area contributed by atoms with E-state index < -0.39 is 0 Å². The molecule has 0 aromatic heterocycles. The lowest BCUT2D eigenvalue weighted by atomic mass is 9.86. The molecule has 2 N–H and O–H groups in total. The lowest BCUT2D eigenvalue weighted by Gasteiger charge is -2.41. The van der Waals surface area contributed by atoms with Crippen LogP contribution in [0.2, 0.25) is 5.02 Å². The van der Waals surface area contributed by atoms with E-state index in [-0.39, 0.29) is 12.0 Å². The molecule has 2 aliphatic heterocycles. The number of fused-ring (bicyclic) bond motifs is 1. The van der Waals surface area contributed by atoms with Crippen molar-refractivity contribution in [3.8, 4) is 0 Å². The molecule has 0 spiro atoms. The normalized spacial score (nSPS) is 24.6. The van der Waals surface area contributed by atoms with E-state index >= 15 is 0 Å². The van der Waals surface area contributed by atoms with Crippen LogP contribution in [0.5, 0.6) is 0 Å². The fraction of sp³-hybridized carbons (Fsp3) is 0.571. The number of ether oxygens (including phenoxy) is 1. The highest BCUT2D eigenvalue weighted by molar-refractivity contribution is 7.99. The van der Waals surface area contributed by atoms with Crippen molar-refractivity contribution in [2.75, 3.05) is 32.1 Å². The Labute approximate surface area is 122 Å². The van der Waals surface area contributed by atoms with Crippen LogP contribution in [-0.4, -0.2) is 37.2 Å². The van der Waals surface area contributed by atoms with Gasteiger partial charge in [0.25, 0.3) is 0 Å². The van der Waals surface area contributed by atoms with E-state index in [0.29, 0.717) is 19.3 Å². The molecule has 3 rings (SSSR count). The number of hydrogen-bond acceptors (Lipinski definition) is 4. The SMILES string of the molecule is OCC1(CNC2CCSc3c(Cl)cccc32)COC1. The average Bonchev–Trinajstić information content (AvgIpc) is 2.39. The zero-order chi connectivity index (χ0) is 13.3. The molecule has 2 aliphatic rings. The van der Waals surface area contributed by atoms with Gasteiger partial charge in [-0.2, -0.15) is 0 Å². The van der Waals surface area contributed by atoms with Gasteiger partial charge in [-0.1, -0.05) is 23.7 Å². The van der Waals surface area contributed by atoms with Gasteiger partial charge in [-0.15, -0.1) is 11.8 Å². The largest absolute Gasteiger partial charge is 0.396 e. The summed E-state index contributed by atoms with van der Waals surface area (Å²) in [7, 11) is 0. The Kier molecular flexibility index (Phi) is 4.06. The van der Waals surface area contributed by atoms with Gasteiger partial charge in [-0.3, -0.25) is 0 Å². The molecular formula is C14H18ClNO2S. The Morgan fingerprint density at radius 3 is 3.00 bits per heavy atom. The first kappa shape index (κ1) is 13.7. The lowest BCUT2D eigenvalue weighted by Crippen LogP contribution is -2.52. The average molecular weight is 300 g/mol. The molecule has 1 saturated heterocycles. The van der Waals surface area contributed by atoms with Crippen molar-refractivity contribution in [1.82, 2.24) is 5.32 Å². The van der Waals surface area contributed by atoms with Gasteiger partial charge in [-0.05, 0) is 23.8 Å². The fourth-order valence-electron chi connectivity index (χ4n) is 2.58. The second kappa shape index (κ2) is 5.62. The first-order chi connectivity index (χ1) is 9.24. The number of halogens is 1. The maximum Gasteiger partial charge on any atom is 0.0579 e. The molecule has 1 aromatic rings. The van der Waals surface area contributed by atoms with Crippen LogP contribution in [-0.2, 0) is 4.74 Å². The molecule has 0 amide bonds. The van der Waals surface area contributed by atoms with Crippen LogP contribution in [0, 0.1) is 5.41 Å². The molecule has 0 bridgehead atoms. The smallest absolute Gasteiger partial charge is 0.0579 e. The Balaban J connectivity index is 1.72. The summed E-state index contributed by atoms with van der Waals surface area (Å²) < 4.78 is 5.23. The van der Waals surface area contributed by atoms with Crippen LogP contribution >= 0.6 is 23.4 Å². The quantitative estimate of drug-likeness (QED) is 0.896. The number of aliphatic hydroxyl groups excluding tert-OH is 1. The molecule has 1 atom stereocenters. The molecular weight excluding hydrogens is 282 g/mol. The fourth-order valence-corrected chi connectivity index (χ4v) is 4.06. The number of aliphatic hydroxyl groups is 1. The summed E-state index contributed by atoms with van der Waals surface area (Å²) in [5.41, 5.74) is 1.21. The third-order valence-corrected chi connectivity index (χ3v) is 5.51. The van der Waals surface area contributed by atoms with Gasteiger partial charge in [0.2, 0.25) is 0 Å². The lowest BCUT2D eigenvalue weighted by molar-refractivity contribution is -0.135. The van der Waals surface area contributed by atoms with Crippen molar-refractivity contribution in [3.05, 3.63) is 28.8 Å². The second-order valence-corrected chi connectivity index (χ2v) is 6.89. The molecule has 2 heterocycles. The third-order valence-electron chi connectivity index (χ3n) is 3.90. The summed E-state index contributed by atoms with van der Waals surface area (Å²) in [4.78, 5) is 1.20. The minimum Gasteiger partial charge on any atom is -0.396 e.